The van der Waals surface area contributed by atoms with Crippen molar-refractivity contribution in [1.82, 2.24) is 4.98 Å². The van der Waals surface area contributed by atoms with E-state index in [0.717, 1.165) is 0 Å². The second kappa shape index (κ2) is 4.84. The Hall–Kier alpha value is -1.42. The van der Waals surface area contributed by atoms with E-state index < -0.39 is 11.0 Å². The molecule has 0 saturated heterocycles. The van der Waals surface area contributed by atoms with Crippen LogP contribution >= 0.6 is 0 Å². The molecule has 4 nitrogen and oxygen atoms in total. The first-order chi connectivity index (χ1) is 7.73. The van der Waals surface area contributed by atoms with Gasteiger partial charge in [-0.2, -0.15) is 0 Å². The molecule has 0 amide bonds. The Morgan fingerprint density at radius 1 is 1.35 bits per heavy atom. The maximum atomic E-state index is 11.6. The van der Waals surface area contributed by atoms with Gasteiger partial charge < -0.3 is 10.5 Å². The summed E-state index contributed by atoms with van der Waals surface area (Å²) >= 11 is 0. The molecule has 1 aromatic heterocycles. The van der Waals surface area contributed by atoms with Gasteiger partial charge in [0, 0.05) is 6.20 Å². The van der Waals surface area contributed by atoms with Crippen LogP contribution in [0.25, 0.3) is 0 Å². The number of esters is 1. The lowest BCUT2D eigenvalue weighted by atomic mass is 9.96. The van der Waals surface area contributed by atoms with Crippen molar-refractivity contribution in [3.8, 4) is 0 Å². The zero-order valence-corrected chi connectivity index (χ0v) is 10.9. The maximum Gasteiger partial charge on any atom is 0.311 e. The van der Waals surface area contributed by atoms with Crippen LogP contribution < -0.4 is 5.73 Å². The summed E-state index contributed by atoms with van der Waals surface area (Å²) in [6, 6.07) is 5.50. The molecule has 4 heteroatoms. The molecule has 0 aromatic carbocycles. The van der Waals surface area contributed by atoms with Crippen LogP contribution in [-0.2, 0) is 15.1 Å². The number of rotatable bonds is 3. The smallest absolute Gasteiger partial charge is 0.311 e. The molecule has 0 fully saturated rings. The van der Waals surface area contributed by atoms with E-state index in [-0.39, 0.29) is 12.6 Å². The van der Waals surface area contributed by atoms with Crippen molar-refractivity contribution in [2.75, 3.05) is 6.61 Å². The molecule has 1 aromatic rings. The molecule has 0 aliphatic carbocycles. The monoisotopic (exact) mass is 236 g/mol. The fourth-order valence-corrected chi connectivity index (χ4v) is 1.21. The Bertz CT molecular complexity index is 380. The Morgan fingerprint density at radius 2 is 2.00 bits per heavy atom. The van der Waals surface area contributed by atoms with Gasteiger partial charge in [-0.15, -0.1) is 0 Å². The summed E-state index contributed by atoms with van der Waals surface area (Å²) < 4.78 is 5.22. The Balaban J connectivity index is 2.66. The van der Waals surface area contributed by atoms with Gasteiger partial charge in [-0.3, -0.25) is 9.78 Å². The highest BCUT2D eigenvalue weighted by Crippen LogP contribution is 2.19. The van der Waals surface area contributed by atoms with E-state index in [1.54, 1.807) is 13.1 Å². The highest BCUT2D eigenvalue weighted by Gasteiger charge is 2.28. The number of nitrogens with zero attached hydrogens (tertiary/aromatic N) is 1. The van der Waals surface area contributed by atoms with Crippen LogP contribution in [0.1, 0.15) is 33.4 Å². The molecule has 1 heterocycles. The highest BCUT2D eigenvalue weighted by atomic mass is 16.5. The summed E-state index contributed by atoms with van der Waals surface area (Å²) in [5.41, 5.74) is 5.52. The lowest BCUT2D eigenvalue weighted by Crippen LogP contribution is -2.41. The summed E-state index contributed by atoms with van der Waals surface area (Å²) in [7, 11) is 0. The van der Waals surface area contributed by atoms with E-state index in [9.17, 15) is 4.79 Å². The number of nitrogens with two attached hydrogens (primary N) is 1. The van der Waals surface area contributed by atoms with Crippen molar-refractivity contribution in [3.63, 3.8) is 0 Å². The third kappa shape index (κ3) is 3.82. The predicted molar refractivity (Wildman–Crippen MR) is 66.2 cm³/mol. The average molecular weight is 236 g/mol. The molecular formula is C13H20N2O2. The Kier molecular flexibility index (Phi) is 3.88. The van der Waals surface area contributed by atoms with Crippen LogP contribution in [0.15, 0.2) is 24.4 Å². The molecule has 1 unspecified atom stereocenters. The van der Waals surface area contributed by atoms with Crippen LogP contribution in [-0.4, -0.2) is 17.6 Å². The molecule has 0 spiro atoms. The van der Waals surface area contributed by atoms with Crippen molar-refractivity contribution in [2.45, 2.75) is 33.2 Å². The van der Waals surface area contributed by atoms with Crippen LogP contribution in [0.3, 0.4) is 0 Å². The maximum absolute atomic E-state index is 11.6. The van der Waals surface area contributed by atoms with E-state index in [0.29, 0.717) is 5.69 Å². The van der Waals surface area contributed by atoms with Gasteiger partial charge in [-0.1, -0.05) is 6.07 Å². The van der Waals surface area contributed by atoms with E-state index >= 15 is 0 Å². The minimum atomic E-state index is -0.762. The fourth-order valence-electron chi connectivity index (χ4n) is 1.21. The molecule has 0 saturated carbocycles. The SMILES string of the molecule is CC(C)(C)C(=O)OCC(C)(N)c1ccccn1. The van der Waals surface area contributed by atoms with E-state index in [1.165, 1.54) is 0 Å². The van der Waals surface area contributed by atoms with E-state index in [4.69, 9.17) is 10.5 Å². The van der Waals surface area contributed by atoms with Crippen molar-refractivity contribution < 1.29 is 9.53 Å². The normalized spacial score (nSPS) is 15.1. The molecule has 0 aliphatic rings. The number of ether oxygens (including phenoxy) is 1. The lowest BCUT2D eigenvalue weighted by Gasteiger charge is -2.25. The zero-order valence-electron chi connectivity index (χ0n) is 10.9. The molecule has 1 atom stereocenters. The number of carbonyl (C=O) groups excluding carboxylic acids is 1. The van der Waals surface area contributed by atoms with Crippen molar-refractivity contribution in [3.05, 3.63) is 30.1 Å². The van der Waals surface area contributed by atoms with Gasteiger partial charge in [-0.25, -0.2) is 0 Å². The van der Waals surface area contributed by atoms with Crippen molar-refractivity contribution in [2.24, 2.45) is 11.1 Å². The number of carbonyl (C=O) groups is 1. The third-order valence-electron chi connectivity index (χ3n) is 2.37. The molecule has 0 aliphatic heterocycles. The topological polar surface area (TPSA) is 65.2 Å². The molecular weight excluding hydrogens is 216 g/mol. The molecule has 2 N–H and O–H groups in total. The molecule has 17 heavy (non-hydrogen) atoms. The van der Waals surface area contributed by atoms with Crippen LogP contribution in [0, 0.1) is 5.41 Å². The minimum Gasteiger partial charge on any atom is -0.463 e. The van der Waals surface area contributed by atoms with Gasteiger partial charge in [0.2, 0.25) is 0 Å². The standard InChI is InChI=1S/C13H20N2O2/c1-12(2,3)11(16)17-9-13(4,14)10-7-5-6-8-15-10/h5-8H,9,14H2,1-4H3. The Morgan fingerprint density at radius 3 is 2.47 bits per heavy atom. The lowest BCUT2D eigenvalue weighted by molar-refractivity contribution is -0.154. The quantitative estimate of drug-likeness (QED) is 0.813. The first kappa shape index (κ1) is 13.6. The van der Waals surface area contributed by atoms with Crippen LogP contribution in [0.2, 0.25) is 0 Å². The van der Waals surface area contributed by atoms with Crippen LogP contribution in [0.4, 0.5) is 0 Å². The summed E-state index contributed by atoms with van der Waals surface area (Å²) in [4.78, 5) is 15.8. The summed E-state index contributed by atoms with van der Waals surface area (Å²) in [5, 5.41) is 0. The van der Waals surface area contributed by atoms with Gasteiger partial charge in [0.15, 0.2) is 0 Å². The fraction of sp³-hybridized carbons (Fsp3) is 0.538. The molecule has 0 radical (unpaired) electrons. The van der Waals surface area contributed by atoms with Gasteiger partial charge in [-0.05, 0) is 39.8 Å². The van der Waals surface area contributed by atoms with E-state index in [2.05, 4.69) is 4.98 Å². The van der Waals surface area contributed by atoms with E-state index in [1.807, 2.05) is 39.0 Å². The zero-order chi connectivity index (χ0) is 13.1. The van der Waals surface area contributed by atoms with Crippen molar-refractivity contribution in [1.29, 1.82) is 0 Å². The average Bonchev–Trinajstić information content (AvgIpc) is 2.26. The van der Waals surface area contributed by atoms with Gasteiger partial charge >= 0.3 is 5.97 Å². The number of hydrogen-bond donors (Lipinski definition) is 1. The molecule has 1 rings (SSSR count). The number of pyridine rings is 1. The van der Waals surface area contributed by atoms with Gasteiger partial charge in [0.25, 0.3) is 0 Å². The molecule has 94 valence electrons. The third-order valence-corrected chi connectivity index (χ3v) is 2.37. The summed E-state index contributed by atoms with van der Waals surface area (Å²) in [6.45, 7) is 7.35. The van der Waals surface area contributed by atoms with Gasteiger partial charge in [0.05, 0.1) is 16.6 Å². The Labute approximate surface area is 102 Å². The summed E-state index contributed by atoms with van der Waals surface area (Å²) in [5.74, 6) is -0.259. The summed E-state index contributed by atoms with van der Waals surface area (Å²) in [6.07, 6.45) is 1.67. The minimum absolute atomic E-state index is 0.125. The van der Waals surface area contributed by atoms with Crippen molar-refractivity contribution >= 4 is 5.97 Å². The molecule has 0 bridgehead atoms. The first-order valence-corrected chi connectivity index (χ1v) is 5.61. The second-order valence-electron chi connectivity index (χ2n) is 5.46. The second-order valence-corrected chi connectivity index (χ2v) is 5.46. The van der Waals surface area contributed by atoms with Gasteiger partial charge in [0.1, 0.15) is 6.61 Å². The highest BCUT2D eigenvalue weighted by molar-refractivity contribution is 5.75. The predicted octanol–water partition coefficient (Wildman–Crippen LogP) is 1.84. The van der Waals surface area contributed by atoms with Crippen LogP contribution in [0.5, 0.6) is 0 Å². The number of aromatic nitrogens is 1. The number of hydrogen-bond acceptors (Lipinski definition) is 4. The largest absolute Gasteiger partial charge is 0.463 e. The first-order valence-electron chi connectivity index (χ1n) is 5.61.